The number of carbonyl (C=O) groups is 2. The summed E-state index contributed by atoms with van der Waals surface area (Å²) in [5.41, 5.74) is 1.26. The fourth-order valence-corrected chi connectivity index (χ4v) is 3.25. The van der Waals surface area contributed by atoms with Gasteiger partial charge in [-0.05, 0) is 38.0 Å². The van der Waals surface area contributed by atoms with Crippen molar-refractivity contribution in [2.45, 2.75) is 60.8 Å². The van der Waals surface area contributed by atoms with E-state index in [4.69, 9.17) is 0 Å². The van der Waals surface area contributed by atoms with Gasteiger partial charge in [-0.1, -0.05) is 39.3 Å². The minimum Gasteiger partial charge on any atom is -0.300 e. The number of hydrogen-bond acceptors (Lipinski definition) is 2. The van der Waals surface area contributed by atoms with Gasteiger partial charge in [-0.2, -0.15) is 0 Å². The standard InChI is InChI=1S/C17H28O2/c1-11-8-7-9-17(5,6)16(11)15(19)10-12(2)13(3)14(4)18/h8,12-13,16H,7,9-10H2,1-6H3. The van der Waals surface area contributed by atoms with E-state index in [1.165, 1.54) is 5.57 Å². The second-order valence-electron chi connectivity index (χ2n) is 6.96. The fourth-order valence-electron chi connectivity index (χ4n) is 3.25. The van der Waals surface area contributed by atoms with E-state index in [-0.39, 0.29) is 29.0 Å². The lowest BCUT2D eigenvalue weighted by Gasteiger charge is -2.38. The Labute approximate surface area is 117 Å². The maximum absolute atomic E-state index is 12.6. The second-order valence-corrected chi connectivity index (χ2v) is 6.96. The largest absolute Gasteiger partial charge is 0.300 e. The summed E-state index contributed by atoms with van der Waals surface area (Å²) < 4.78 is 0. The SMILES string of the molecule is CC(=O)C(C)C(C)CC(=O)C1C(C)=CCCC1(C)C. The average molecular weight is 264 g/mol. The van der Waals surface area contributed by atoms with E-state index in [0.717, 1.165) is 12.8 Å². The molecule has 0 amide bonds. The third kappa shape index (κ3) is 3.77. The molecule has 0 aromatic heterocycles. The molecule has 1 aliphatic rings. The molecule has 2 nitrogen and oxygen atoms in total. The van der Waals surface area contributed by atoms with Crippen molar-refractivity contribution in [2.75, 3.05) is 0 Å². The number of ketones is 2. The Morgan fingerprint density at radius 3 is 2.42 bits per heavy atom. The van der Waals surface area contributed by atoms with Crippen molar-refractivity contribution >= 4 is 11.6 Å². The van der Waals surface area contributed by atoms with E-state index < -0.39 is 0 Å². The smallest absolute Gasteiger partial charge is 0.140 e. The molecule has 3 atom stereocenters. The molecule has 0 radical (unpaired) electrons. The molecule has 0 N–H and O–H groups in total. The molecule has 0 heterocycles. The van der Waals surface area contributed by atoms with Crippen LogP contribution in [0.4, 0.5) is 0 Å². The summed E-state index contributed by atoms with van der Waals surface area (Å²) in [6.45, 7) is 12.0. The van der Waals surface area contributed by atoms with E-state index in [1.807, 2.05) is 13.8 Å². The zero-order chi connectivity index (χ0) is 14.8. The number of Topliss-reactive ketones (excluding diaryl/α,β-unsaturated/α-hetero) is 2. The fraction of sp³-hybridized carbons (Fsp3) is 0.765. The molecule has 1 rings (SSSR count). The van der Waals surface area contributed by atoms with Crippen LogP contribution in [0.15, 0.2) is 11.6 Å². The lowest BCUT2D eigenvalue weighted by atomic mass is 9.65. The van der Waals surface area contributed by atoms with E-state index in [0.29, 0.717) is 12.2 Å². The van der Waals surface area contributed by atoms with Crippen LogP contribution in [0, 0.1) is 23.2 Å². The van der Waals surface area contributed by atoms with Crippen molar-refractivity contribution in [1.29, 1.82) is 0 Å². The molecule has 2 heteroatoms. The van der Waals surface area contributed by atoms with Gasteiger partial charge in [0.15, 0.2) is 0 Å². The molecule has 0 saturated carbocycles. The zero-order valence-corrected chi connectivity index (χ0v) is 13.2. The summed E-state index contributed by atoms with van der Waals surface area (Å²) in [7, 11) is 0. The van der Waals surface area contributed by atoms with Crippen molar-refractivity contribution in [3.63, 3.8) is 0 Å². The van der Waals surface area contributed by atoms with Gasteiger partial charge in [0.1, 0.15) is 11.6 Å². The highest BCUT2D eigenvalue weighted by Gasteiger charge is 2.38. The maximum Gasteiger partial charge on any atom is 0.140 e. The number of allylic oxidation sites excluding steroid dienone is 2. The van der Waals surface area contributed by atoms with E-state index in [9.17, 15) is 9.59 Å². The molecule has 0 spiro atoms. The Hall–Kier alpha value is -0.920. The molecule has 0 saturated heterocycles. The second kappa shape index (κ2) is 6.02. The molecular formula is C17H28O2. The molecule has 0 aliphatic heterocycles. The van der Waals surface area contributed by atoms with E-state index >= 15 is 0 Å². The van der Waals surface area contributed by atoms with Gasteiger partial charge in [0, 0.05) is 18.3 Å². The van der Waals surface area contributed by atoms with Gasteiger partial charge in [-0.25, -0.2) is 0 Å². The molecule has 108 valence electrons. The minimum absolute atomic E-state index is 0.0278. The van der Waals surface area contributed by atoms with Crippen LogP contribution in [-0.2, 0) is 9.59 Å². The van der Waals surface area contributed by atoms with Gasteiger partial charge in [0.2, 0.25) is 0 Å². The third-order valence-electron chi connectivity index (χ3n) is 4.83. The summed E-state index contributed by atoms with van der Waals surface area (Å²) >= 11 is 0. The maximum atomic E-state index is 12.6. The first-order valence-electron chi connectivity index (χ1n) is 7.36. The molecule has 0 aromatic carbocycles. The topological polar surface area (TPSA) is 34.1 Å². The minimum atomic E-state index is -0.0278. The normalized spacial score (nSPS) is 25.4. The van der Waals surface area contributed by atoms with Gasteiger partial charge < -0.3 is 0 Å². The monoisotopic (exact) mass is 264 g/mol. The first-order valence-corrected chi connectivity index (χ1v) is 7.36. The predicted octanol–water partition coefficient (Wildman–Crippen LogP) is 4.19. The van der Waals surface area contributed by atoms with Crippen LogP contribution in [-0.4, -0.2) is 11.6 Å². The molecule has 0 fully saturated rings. The highest BCUT2D eigenvalue weighted by Crippen LogP contribution is 2.42. The Bertz CT molecular complexity index is 390. The highest BCUT2D eigenvalue weighted by atomic mass is 16.1. The lowest BCUT2D eigenvalue weighted by molar-refractivity contribution is -0.127. The van der Waals surface area contributed by atoms with Crippen molar-refractivity contribution in [3.05, 3.63) is 11.6 Å². The van der Waals surface area contributed by atoms with Crippen LogP contribution >= 0.6 is 0 Å². The highest BCUT2D eigenvalue weighted by molar-refractivity contribution is 5.86. The van der Waals surface area contributed by atoms with Gasteiger partial charge in [-0.15, -0.1) is 0 Å². The molecule has 19 heavy (non-hydrogen) atoms. The summed E-state index contributed by atoms with van der Waals surface area (Å²) in [6.07, 6.45) is 4.85. The Balaban J connectivity index is 2.79. The van der Waals surface area contributed by atoms with Crippen molar-refractivity contribution in [1.82, 2.24) is 0 Å². The number of rotatable bonds is 5. The van der Waals surface area contributed by atoms with Gasteiger partial charge in [-0.3, -0.25) is 9.59 Å². The van der Waals surface area contributed by atoms with Crippen LogP contribution in [0.2, 0.25) is 0 Å². The zero-order valence-electron chi connectivity index (χ0n) is 13.2. The van der Waals surface area contributed by atoms with Crippen LogP contribution in [0.3, 0.4) is 0 Å². The average Bonchev–Trinajstić information content (AvgIpc) is 2.25. The third-order valence-corrected chi connectivity index (χ3v) is 4.83. The van der Waals surface area contributed by atoms with Gasteiger partial charge in [0.25, 0.3) is 0 Å². The Kier molecular flexibility index (Phi) is 5.11. The van der Waals surface area contributed by atoms with Gasteiger partial charge >= 0.3 is 0 Å². The van der Waals surface area contributed by atoms with Crippen LogP contribution < -0.4 is 0 Å². The van der Waals surface area contributed by atoms with Crippen molar-refractivity contribution in [2.24, 2.45) is 23.2 Å². The first-order chi connectivity index (χ1) is 8.66. The summed E-state index contributed by atoms with van der Waals surface area (Å²) in [5, 5.41) is 0. The summed E-state index contributed by atoms with van der Waals surface area (Å²) in [6, 6.07) is 0. The van der Waals surface area contributed by atoms with Gasteiger partial charge in [0.05, 0.1) is 0 Å². The summed E-state index contributed by atoms with van der Waals surface area (Å²) in [5.74, 6) is 0.618. The van der Waals surface area contributed by atoms with Crippen LogP contribution in [0.25, 0.3) is 0 Å². The van der Waals surface area contributed by atoms with E-state index in [1.54, 1.807) is 6.92 Å². The number of hydrogen-bond donors (Lipinski definition) is 0. The Morgan fingerprint density at radius 1 is 1.37 bits per heavy atom. The van der Waals surface area contributed by atoms with Crippen molar-refractivity contribution in [3.8, 4) is 0 Å². The molecule has 0 bridgehead atoms. The van der Waals surface area contributed by atoms with Crippen molar-refractivity contribution < 1.29 is 9.59 Å². The summed E-state index contributed by atoms with van der Waals surface area (Å²) in [4.78, 5) is 24.0. The van der Waals surface area contributed by atoms with Crippen LogP contribution in [0.1, 0.15) is 60.8 Å². The molecule has 3 unspecified atom stereocenters. The number of carbonyl (C=O) groups excluding carboxylic acids is 2. The molecule has 0 aromatic rings. The molecule has 1 aliphatic carbocycles. The van der Waals surface area contributed by atoms with Crippen LogP contribution in [0.5, 0.6) is 0 Å². The predicted molar refractivity (Wildman–Crippen MR) is 78.9 cm³/mol. The van der Waals surface area contributed by atoms with E-state index in [2.05, 4.69) is 26.8 Å². The quantitative estimate of drug-likeness (QED) is 0.698. The lowest BCUT2D eigenvalue weighted by Crippen LogP contribution is -2.35. The Morgan fingerprint density at radius 2 is 1.95 bits per heavy atom. The first kappa shape index (κ1) is 16.1. The molecular weight excluding hydrogens is 236 g/mol.